The lowest BCUT2D eigenvalue weighted by molar-refractivity contribution is 0.581. The fraction of sp³-hybridized carbons (Fsp3) is 0.105. The number of aromatic nitrogens is 1. The van der Waals surface area contributed by atoms with Crippen LogP contribution >= 0.6 is 22.9 Å². The first-order valence-electron chi connectivity index (χ1n) is 8.91. The van der Waals surface area contributed by atoms with E-state index in [4.69, 9.17) is 0 Å². The SMILES string of the molecule is Cn1sc(=O)c2cc(S(=O)(=O)NCc3ccccc3NS(=O)(=O)c3cccs3)ccc21. The Morgan fingerprint density at radius 1 is 0.968 bits per heavy atom. The number of benzene rings is 2. The fourth-order valence-corrected chi connectivity index (χ4v) is 6.88. The van der Waals surface area contributed by atoms with Crippen LogP contribution in [-0.4, -0.2) is 20.8 Å². The van der Waals surface area contributed by atoms with Crippen LogP contribution in [0.1, 0.15) is 5.56 Å². The highest BCUT2D eigenvalue weighted by Crippen LogP contribution is 2.24. The van der Waals surface area contributed by atoms with Crippen LogP contribution in [0.4, 0.5) is 5.69 Å². The van der Waals surface area contributed by atoms with E-state index in [-0.39, 0.29) is 26.1 Å². The van der Waals surface area contributed by atoms with Gasteiger partial charge in [0.25, 0.3) is 14.8 Å². The van der Waals surface area contributed by atoms with Gasteiger partial charge in [0.15, 0.2) is 0 Å². The van der Waals surface area contributed by atoms with Gasteiger partial charge < -0.3 is 0 Å². The van der Waals surface area contributed by atoms with Crippen molar-refractivity contribution < 1.29 is 16.8 Å². The lowest BCUT2D eigenvalue weighted by Gasteiger charge is -2.13. The minimum absolute atomic E-state index is 0.0350. The Morgan fingerprint density at radius 2 is 1.74 bits per heavy atom. The Hall–Kier alpha value is -2.51. The molecule has 0 saturated carbocycles. The largest absolute Gasteiger partial charge is 0.297 e. The number of para-hydroxylation sites is 1. The average Bonchev–Trinajstić information content (AvgIpc) is 3.36. The molecular weight excluding hydrogens is 478 g/mol. The minimum atomic E-state index is -3.93. The smallest absolute Gasteiger partial charge is 0.271 e. The molecule has 0 aliphatic carbocycles. The normalized spacial score (nSPS) is 12.3. The predicted molar refractivity (Wildman–Crippen MR) is 123 cm³/mol. The van der Waals surface area contributed by atoms with Gasteiger partial charge in [-0.3, -0.25) is 13.5 Å². The second-order valence-electron chi connectivity index (χ2n) is 6.57. The zero-order valence-electron chi connectivity index (χ0n) is 16.1. The van der Waals surface area contributed by atoms with Crippen molar-refractivity contribution in [1.82, 2.24) is 8.68 Å². The first-order valence-corrected chi connectivity index (χ1v) is 13.5. The number of nitrogens with zero attached hydrogens (tertiary/aromatic N) is 1. The first-order chi connectivity index (χ1) is 14.7. The summed E-state index contributed by atoms with van der Waals surface area (Å²) in [6.07, 6.45) is 0. The molecule has 8 nitrogen and oxygen atoms in total. The molecule has 0 saturated heterocycles. The summed E-state index contributed by atoms with van der Waals surface area (Å²) < 4.78 is 57.2. The Kier molecular flexibility index (Phi) is 5.75. The van der Waals surface area contributed by atoms with Crippen molar-refractivity contribution in [2.24, 2.45) is 7.05 Å². The van der Waals surface area contributed by atoms with Crippen molar-refractivity contribution in [2.45, 2.75) is 15.6 Å². The summed E-state index contributed by atoms with van der Waals surface area (Å²) in [5, 5.41) is 1.99. The van der Waals surface area contributed by atoms with Crippen LogP contribution in [0.25, 0.3) is 10.9 Å². The van der Waals surface area contributed by atoms with Crippen LogP contribution < -0.4 is 14.2 Å². The molecule has 2 aromatic carbocycles. The summed E-state index contributed by atoms with van der Waals surface area (Å²) in [5.74, 6) is 0. The molecule has 0 radical (unpaired) electrons. The fourth-order valence-electron chi connectivity index (χ4n) is 2.98. The van der Waals surface area contributed by atoms with Gasteiger partial charge in [0.05, 0.1) is 21.5 Å². The van der Waals surface area contributed by atoms with Gasteiger partial charge in [0.1, 0.15) is 4.21 Å². The molecule has 2 heterocycles. The minimum Gasteiger partial charge on any atom is -0.297 e. The summed E-state index contributed by atoms with van der Waals surface area (Å²) >= 11 is 2.08. The third-order valence-corrected chi connectivity index (χ3v) is 9.55. The van der Waals surface area contributed by atoms with Crippen molar-refractivity contribution in [3.05, 3.63) is 75.1 Å². The number of sulfonamides is 2. The van der Waals surface area contributed by atoms with Crippen molar-refractivity contribution in [3.8, 4) is 0 Å². The zero-order chi connectivity index (χ0) is 22.2. The van der Waals surface area contributed by atoms with Gasteiger partial charge in [-0.15, -0.1) is 11.3 Å². The van der Waals surface area contributed by atoms with Crippen LogP contribution in [-0.2, 0) is 33.6 Å². The maximum Gasteiger partial charge on any atom is 0.271 e. The third kappa shape index (κ3) is 4.43. The van der Waals surface area contributed by atoms with Gasteiger partial charge in [0, 0.05) is 13.6 Å². The molecule has 0 aliphatic heterocycles. The van der Waals surface area contributed by atoms with Gasteiger partial charge in [-0.05, 0) is 52.8 Å². The van der Waals surface area contributed by atoms with Crippen LogP contribution in [0.2, 0.25) is 0 Å². The Bertz CT molecular complexity index is 1520. The highest BCUT2D eigenvalue weighted by atomic mass is 32.2. The number of hydrogen-bond acceptors (Lipinski definition) is 7. The molecule has 4 rings (SSSR count). The second-order valence-corrected chi connectivity index (χ2v) is 12.3. The van der Waals surface area contributed by atoms with E-state index in [2.05, 4.69) is 9.44 Å². The van der Waals surface area contributed by atoms with Gasteiger partial charge in [0.2, 0.25) is 10.0 Å². The number of hydrogen-bond donors (Lipinski definition) is 2. The molecule has 0 aliphatic rings. The third-order valence-electron chi connectivity index (χ3n) is 4.53. The van der Waals surface area contributed by atoms with E-state index in [9.17, 15) is 21.6 Å². The van der Waals surface area contributed by atoms with E-state index in [0.29, 0.717) is 16.5 Å². The molecule has 0 bridgehead atoms. The van der Waals surface area contributed by atoms with Crippen molar-refractivity contribution in [3.63, 3.8) is 0 Å². The molecule has 0 amide bonds. The molecular formula is C19H17N3O5S4. The molecule has 2 N–H and O–H groups in total. The predicted octanol–water partition coefficient (Wildman–Crippen LogP) is 2.94. The number of thiophene rings is 1. The summed E-state index contributed by atoms with van der Waals surface area (Å²) in [6, 6.07) is 14.0. The summed E-state index contributed by atoms with van der Waals surface area (Å²) in [6.45, 7) is -0.134. The monoisotopic (exact) mass is 495 g/mol. The molecule has 0 unspecified atom stereocenters. The molecule has 0 fully saturated rings. The second kappa shape index (κ2) is 8.20. The summed E-state index contributed by atoms with van der Waals surface area (Å²) in [4.78, 5) is 12.0. The zero-order valence-corrected chi connectivity index (χ0v) is 19.4. The van der Waals surface area contributed by atoms with E-state index in [0.717, 1.165) is 22.9 Å². The lowest BCUT2D eigenvalue weighted by Crippen LogP contribution is -2.24. The van der Waals surface area contributed by atoms with E-state index in [1.165, 1.54) is 18.2 Å². The maximum atomic E-state index is 12.8. The molecule has 12 heteroatoms. The Labute approximate surface area is 187 Å². The highest BCUT2D eigenvalue weighted by molar-refractivity contribution is 7.94. The topological polar surface area (TPSA) is 114 Å². The van der Waals surface area contributed by atoms with Crippen molar-refractivity contribution >= 4 is 59.5 Å². The van der Waals surface area contributed by atoms with Crippen molar-refractivity contribution in [1.29, 1.82) is 0 Å². The van der Waals surface area contributed by atoms with Crippen LogP contribution in [0.3, 0.4) is 0 Å². The molecule has 4 aromatic rings. The summed E-state index contributed by atoms with van der Waals surface area (Å²) in [7, 11) is -5.97. The number of anilines is 1. The van der Waals surface area contributed by atoms with Crippen LogP contribution in [0, 0.1) is 0 Å². The van der Waals surface area contributed by atoms with Crippen molar-refractivity contribution in [2.75, 3.05) is 4.72 Å². The number of rotatable bonds is 7. The molecule has 162 valence electrons. The van der Waals surface area contributed by atoms with Crippen LogP contribution in [0.5, 0.6) is 0 Å². The Morgan fingerprint density at radius 3 is 2.48 bits per heavy atom. The Balaban J connectivity index is 1.58. The molecule has 2 aromatic heterocycles. The molecule has 0 spiro atoms. The number of fused-ring (bicyclic) bond motifs is 1. The molecule has 31 heavy (non-hydrogen) atoms. The van der Waals surface area contributed by atoms with Gasteiger partial charge >= 0.3 is 0 Å². The van der Waals surface area contributed by atoms with E-state index in [1.807, 2.05) is 0 Å². The first kappa shape index (κ1) is 21.7. The van der Waals surface area contributed by atoms with Gasteiger partial charge in [-0.25, -0.2) is 21.6 Å². The molecule has 0 atom stereocenters. The van der Waals surface area contributed by atoms with Gasteiger partial charge in [-0.1, -0.05) is 24.3 Å². The number of aryl methyl sites for hydroxylation is 1. The van der Waals surface area contributed by atoms with E-state index < -0.39 is 20.0 Å². The van der Waals surface area contributed by atoms with E-state index >= 15 is 0 Å². The van der Waals surface area contributed by atoms with E-state index in [1.54, 1.807) is 52.8 Å². The van der Waals surface area contributed by atoms with Gasteiger partial charge in [-0.2, -0.15) is 0 Å². The summed E-state index contributed by atoms with van der Waals surface area (Å²) in [5.41, 5.74) is 1.39. The average molecular weight is 496 g/mol. The maximum absolute atomic E-state index is 12.8. The quantitative estimate of drug-likeness (QED) is 0.409. The standard InChI is InChI=1S/C19H17N3O5S4/c1-22-17-9-8-14(11-15(17)19(23)29-22)30(24,25)20-12-13-5-2-3-6-16(13)21-31(26,27)18-7-4-10-28-18/h2-11,20-21H,12H2,1H3. The van der Waals surface area contributed by atoms with Crippen LogP contribution in [0.15, 0.2) is 73.9 Å². The number of nitrogens with one attached hydrogen (secondary N) is 2. The lowest BCUT2D eigenvalue weighted by atomic mass is 10.2. The highest BCUT2D eigenvalue weighted by Gasteiger charge is 2.19.